The van der Waals surface area contributed by atoms with Crippen molar-refractivity contribution >= 4 is 5.97 Å². The van der Waals surface area contributed by atoms with Gasteiger partial charge in [0.2, 0.25) is 0 Å². The van der Waals surface area contributed by atoms with Crippen molar-refractivity contribution in [2.75, 3.05) is 26.3 Å². The molecular weight excluding hydrogens is 234 g/mol. The summed E-state index contributed by atoms with van der Waals surface area (Å²) >= 11 is 0. The number of carbonyl (C=O) groups is 1. The molecule has 1 aliphatic rings. The van der Waals surface area contributed by atoms with Crippen molar-refractivity contribution in [2.45, 2.75) is 45.8 Å². The van der Waals surface area contributed by atoms with Crippen LogP contribution < -0.4 is 0 Å². The molecule has 0 aromatic rings. The third-order valence-corrected chi connectivity index (χ3v) is 3.57. The molecule has 2 atom stereocenters. The van der Waals surface area contributed by atoms with Gasteiger partial charge in [-0.25, -0.2) is 0 Å². The third kappa shape index (κ3) is 3.93. The van der Waals surface area contributed by atoms with E-state index in [1.54, 1.807) is 0 Å². The van der Waals surface area contributed by atoms with Gasteiger partial charge in [-0.05, 0) is 31.7 Å². The Morgan fingerprint density at radius 1 is 1.56 bits per heavy atom. The molecule has 18 heavy (non-hydrogen) atoms. The molecule has 0 spiro atoms. The Hall–Kier alpha value is -0.650. The van der Waals surface area contributed by atoms with Crippen LogP contribution in [-0.4, -0.2) is 59.5 Å². The van der Waals surface area contributed by atoms with Gasteiger partial charge < -0.3 is 14.9 Å². The van der Waals surface area contributed by atoms with Gasteiger partial charge in [0, 0.05) is 13.2 Å². The number of piperidine rings is 1. The first-order chi connectivity index (χ1) is 8.38. The minimum atomic E-state index is -0.802. The average Bonchev–Trinajstić information content (AvgIpc) is 2.24. The molecule has 2 N–H and O–H groups in total. The molecule has 1 heterocycles. The summed E-state index contributed by atoms with van der Waals surface area (Å²) < 4.78 is 5.16. The number of rotatable bonds is 6. The second kappa shape index (κ2) is 6.50. The molecule has 0 saturated carbocycles. The van der Waals surface area contributed by atoms with Crippen LogP contribution in [0, 0.1) is 5.41 Å². The van der Waals surface area contributed by atoms with E-state index in [1.807, 2.05) is 25.7 Å². The number of nitrogens with zero attached hydrogens (tertiary/aromatic N) is 1. The highest BCUT2D eigenvalue weighted by Gasteiger charge is 2.42. The molecule has 2 unspecified atom stereocenters. The second-order valence-corrected chi connectivity index (χ2v) is 5.64. The number of aliphatic carboxylic acids is 1. The van der Waals surface area contributed by atoms with Crippen molar-refractivity contribution in [2.24, 2.45) is 5.41 Å². The summed E-state index contributed by atoms with van der Waals surface area (Å²) in [6, 6.07) is -0.525. The fourth-order valence-corrected chi connectivity index (χ4v) is 2.76. The maximum atomic E-state index is 11.4. The lowest BCUT2D eigenvalue weighted by Crippen LogP contribution is -2.56. The fourth-order valence-electron chi connectivity index (χ4n) is 2.76. The van der Waals surface area contributed by atoms with Crippen molar-refractivity contribution in [3.05, 3.63) is 0 Å². The molecule has 1 aliphatic heterocycles. The molecule has 1 fully saturated rings. The number of hydrogen-bond donors (Lipinski definition) is 2. The SMILES string of the molecule is CCOCC(O)CN1CCCC(C)(C)C1C(=O)O. The number of carboxylic acids is 1. The third-order valence-electron chi connectivity index (χ3n) is 3.57. The zero-order valence-corrected chi connectivity index (χ0v) is 11.6. The molecule has 0 aromatic carbocycles. The van der Waals surface area contributed by atoms with Crippen LogP contribution in [0.5, 0.6) is 0 Å². The molecule has 0 radical (unpaired) electrons. The molecule has 1 saturated heterocycles. The maximum Gasteiger partial charge on any atom is 0.321 e. The van der Waals surface area contributed by atoms with Gasteiger partial charge in [0.05, 0.1) is 12.7 Å². The molecule has 1 rings (SSSR count). The number of aliphatic hydroxyl groups is 1. The molecule has 0 aliphatic carbocycles. The van der Waals surface area contributed by atoms with Crippen molar-refractivity contribution < 1.29 is 19.7 Å². The van der Waals surface area contributed by atoms with Crippen LogP contribution in [0.2, 0.25) is 0 Å². The van der Waals surface area contributed by atoms with E-state index in [1.165, 1.54) is 0 Å². The summed E-state index contributed by atoms with van der Waals surface area (Å²) in [4.78, 5) is 13.3. The van der Waals surface area contributed by atoms with Gasteiger partial charge in [-0.15, -0.1) is 0 Å². The van der Waals surface area contributed by atoms with E-state index in [-0.39, 0.29) is 12.0 Å². The lowest BCUT2D eigenvalue weighted by molar-refractivity contribution is -0.152. The number of aliphatic hydroxyl groups excluding tert-OH is 1. The summed E-state index contributed by atoms with van der Waals surface area (Å²) in [6.07, 6.45) is 1.25. The lowest BCUT2D eigenvalue weighted by Gasteiger charge is -2.44. The highest BCUT2D eigenvalue weighted by molar-refractivity contribution is 5.74. The van der Waals surface area contributed by atoms with Gasteiger partial charge >= 0.3 is 5.97 Å². The molecule has 0 bridgehead atoms. The van der Waals surface area contributed by atoms with Crippen LogP contribution in [0.1, 0.15) is 33.6 Å². The van der Waals surface area contributed by atoms with Crippen LogP contribution in [0.3, 0.4) is 0 Å². The molecular formula is C13H25NO4. The number of hydrogen-bond acceptors (Lipinski definition) is 4. The van der Waals surface area contributed by atoms with Crippen molar-refractivity contribution in [3.63, 3.8) is 0 Å². The predicted octanol–water partition coefficient (Wildman–Crippen LogP) is 0.959. The molecule has 0 aromatic heterocycles. The van der Waals surface area contributed by atoms with Crippen molar-refractivity contribution in [1.82, 2.24) is 4.90 Å². The van der Waals surface area contributed by atoms with Crippen LogP contribution >= 0.6 is 0 Å². The lowest BCUT2D eigenvalue weighted by atomic mass is 9.76. The quantitative estimate of drug-likeness (QED) is 0.743. The summed E-state index contributed by atoms with van der Waals surface area (Å²) in [5.74, 6) is -0.802. The Bertz CT molecular complexity index is 280. The number of ether oxygens (including phenoxy) is 1. The Morgan fingerprint density at radius 2 is 2.22 bits per heavy atom. The zero-order chi connectivity index (χ0) is 13.8. The fraction of sp³-hybridized carbons (Fsp3) is 0.923. The minimum absolute atomic E-state index is 0.255. The molecule has 5 nitrogen and oxygen atoms in total. The Balaban J connectivity index is 2.64. The summed E-state index contributed by atoms with van der Waals surface area (Å²) in [5.41, 5.74) is -0.255. The normalized spacial score (nSPS) is 25.9. The van der Waals surface area contributed by atoms with E-state index in [2.05, 4.69) is 0 Å². The smallest absolute Gasteiger partial charge is 0.321 e. The van der Waals surface area contributed by atoms with E-state index in [0.717, 1.165) is 19.4 Å². The van der Waals surface area contributed by atoms with Gasteiger partial charge in [0.1, 0.15) is 6.04 Å². The van der Waals surface area contributed by atoms with E-state index >= 15 is 0 Å². The highest BCUT2D eigenvalue weighted by atomic mass is 16.5. The van der Waals surface area contributed by atoms with E-state index in [4.69, 9.17) is 4.74 Å². The standard InChI is InChI=1S/C13H25NO4/c1-4-18-9-10(15)8-14-7-5-6-13(2,3)11(14)12(16)17/h10-11,15H,4-9H2,1-3H3,(H,16,17). The monoisotopic (exact) mass is 259 g/mol. The highest BCUT2D eigenvalue weighted by Crippen LogP contribution is 2.35. The number of carboxylic acid groups (broad SMARTS) is 1. The molecule has 5 heteroatoms. The summed E-state index contributed by atoms with van der Waals surface area (Å²) in [7, 11) is 0. The summed E-state index contributed by atoms with van der Waals surface area (Å²) in [5, 5.41) is 19.2. The topological polar surface area (TPSA) is 70.0 Å². The van der Waals surface area contributed by atoms with Gasteiger partial charge in [-0.2, -0.15) is 0 Å². The van der Waals surface area contributed by atoms with Gasteiger partial charge in [0.25, 0.3) is 0 Å². The number of likely N-dealkylation sites (tertiary alicyclic amines) is 1. The van der Waals surface area contributed by atoms with Crippen LogP contribution in [0.25, 0.3) is 0 Å². The largest absolute Gasteiger partial charge is 0.480 e. The first-order valence-corrected chi connectivity index (χ1v) is 6.61. The summed E-state index contributed by atoms with van der Waals surface area (Å²) in [6.45, 7) is 7.74. The van der Waals surface area contributed by atoms with Crippen molar-refractivity contribution in [1.29, 1.82) is 0 Å². The van der Waals surface area contributed by atoms with Crippen molar-refractivity contribution in [3.8, 4) is 0 Å². The number of β-amino-alcohol motifs (C(OH)–C–C–N with tert-alkyl or cyclic N) is 1. The zero-order valence-electron chi connectivity index (χ0n) is 11.6. The van der Waals surface area contributed by atoms with Crippen LogP contribution in [-0.2, 0) is 9.53 Å². The first-order valence-electron chi connectivity index (χ1n) is 6.61. The van der Waals surface area contributed by atoms with Crippen LogP contribution in [0.15, 0.2) is 0 Å². The molecule has 106 valence electrons. The van der Waals surface area contributed by atoms with Gasteiger partial charge in [-0.3, -0.25) is 9.69 Å². The Kier molecular flexibility index (Phi) is 5.56. The van der Waals surface area contributed by atoms with E-state index in [0.29, 0.717) is 13.2 Å². The molecule has 0 amide bonds. The van der Waals surface area contributed by atoms with E-state index < -0.39 is 18.1 Å². The first kappa shape index (κ1) is 15.4. The minimum Gasteiger partial charge on any atom is -0.480 e. The second-order valence-electron chi connectivity index (χ2n) is 5.64. The Labute approximate surface area is 109 Å². The van der Waals surface area contributed by atoms with Gasteiger partial charge in [-0.1, -0.05) is 13.8 Å². The average molecular weight is 259 g/mol. The Morgan fingerprint density at radius 3 is 2.78 bits per heavy atom. The van der Waals surface area contributed by atoms with Crippen LogP contribution in [0.4, 0.5) is 0 Å². The van der Waals surface area contributed by atoms with Gasteiger partial charge in [0.15, 0.2) is 0 Å². The maximum absolute atomic E-state index is 11.4. The van der Waals surface area contributed by atoms with E-state index in [9.17, 15) is 15.0 Å². The predicted molar refractivity (Wildman–Crippen MR) is 68.5 cm³/mol.